The molecule has 214 valence electrons. The van der Waals surface area contributed by atoms with Crippen LogP contribution in [-0.4, -0.2) is 80.7 Å². The molecule has 1 atom stereocenters. The minimum atomic E-state index is -3.78. The highest BCUT2D eigenvalue weighted by Gasteiger charge is 2.33. The predicted molar refractivity (Wildman–Crippen MR) is 142 cm³/mol. The van der Waals surface area contributed by atoms with Crippen LogP contribution in [0.25, 0.3) is 11.1 Å². The lowest BCUT2D eigenvalue weighted by atomic mass is 10.1. The number of cyclic esters (lactones) is 1. The van der Waals surface area contributed by atoms with E-state index in [1.54, 1.807) is 29.2 Å². The second-order valence-corrected chi connectivity index (χ2v) is 10.8. The van der Waals surface area contributed by atoms with Gasteiger partial charge < -0.3 is 14.4 Å². The van der Waals surface area contributed by atoms with Crippen molar-refractivity contribution < 1.29 is 41.6 Å². The number of anilines is 2. The molecule has 2 aliphatic heterocycles. The van der Waals surface area contributed by atoms with E-state index in [0.29, 0.717) is 42.0 Å². The van der Waals surface area contributed by atoms with Crippen LogP contribution >= 0.6 is 7.82 Å². The number of carbonyl (C=O) groups excluding carboxylic acids is 3. The summed E-state index contributed by atoms with van der Waals surface area (Å²) in [5, 5.41) is 5.25. The zero-order valence-corrected chi connectivity index (χ0v) is 23.1. The molecule has 40 heavy (non-hydrogen) atoms. The van der Waals surface area contributed by atoms with Gasteiger partial charge in [-0.05, 0) is 43.7 Å². The number of amides is 2. The average molecular weight is 578 g/mol. The molecular weight excluding hydrogens is 548 g/mol. The highest BCUT2D eigenvalue weighted by Crippen LogP contribution is 2.47. The number of hydrogen-bond donors (Lipinski definition) is 0. The summed E-state index contributed by atoms with van der Waals surface area (Å²) in [6, 6.07) is 7.86. The number of hydrogen-bond acceptors (Lipinski definition) is 11. The van der Waals surface area contributed by atoms with Crippen LogP contribution in [0.5, 0.6) is 0 Å². The Morgan fingerprint density at radius 2 is 1.95 bits per heavy atom. The molecule has 0 N–H and O–H groups in total. The van der Waals surface area contributed by atoms with Crippen LogP contribution in [0.15, 0.2) is 41.6 Å². The fraction of sp³-hybridized carbons (Fsp3) is 0.400. The number of halogens is 1. The lowest BCUT2D eigenvalue weighted by molar-refractivity contribution is -0.134. The number of nitrogens with zero attached hydrogens (tertiary/aromatic N) is 5. The third-order valence-corrected chi connectivity index (χ3v) is 7.61. The van der Waals surface area contributed by atoms with Crippen molar-refractivity contribution in [3.8, 4) is 11.1 Å². The van der Waals surface area contributed by atoms with E-state index in [2.05, 4.69) is 19.1 Å². The number of aromatic nitrogens is 1. The third-order valence-electron chi connectivity index (χ3n) is 6.27. The van der Waals surface area contributed by atoms with Crippen LogP contribution < -0.4 is 9.80 Å². The summed E-state index contributed by atoms with van der Waals surface area (Å²) in [4.78, 5) is 43.2. The fourth-order valence-corrected chi connectivity index (χ4v) is 4.69. The molecule has 1 aromatic carbocycles. The Labute approximate surface area is 230 Å². The molecule has 1 fully saturated rings. The lowest BCUT2D eigenvalue weighted by Gasteiger charge is -2.28. The Morgan fingerprint density at radius 3 is 2.55 bits per heavy atom. The molecule has 0 spiro atoms. The molecule has 15 heteroatoms. The second kappa shape index (κ2) is 12.6. The summed E-state index contributed by atoms with van der Waals surface area (Å²) in [6.07, 6.45) is 2.67. The topological polar surface area (TPSA) is 140 Å². The van der Waals surface area contributed by atoms with E-state index in [-0.39, 0.29) is 18.9 Å². The molecule has 2 amide bonds. The van der Waals surface area contributed by atoms with Crippen molar-refractivity contribution in [2.45, 2.75) is 25.9 Å². The number of ketones is 1. The van der Waals surface area contributed by atoms with Gasteiger partial charge in [0.15, 0.2) is 0 Å². The molecule has 1 aromatic heterocycles. The Kier molecular flexibility index (Phi) is 9.25. The van der Waals surface area contributed by atoms with Gasteiger partial charge in [-0.3, -0.25) is 23.3 Å². The van der Waals surface area contributed by atoms with Crippen LogP contribution in [0, 0.1) is 5.82 Å². The number of rotatable bonds is 11. The first-order chi connectivity index (χ1) is 19.1. The first-order valence-corrected chi connectivity index (χ1v) is 13.8. The molecule has 2 aromatic rings. The molecule has 0 bridgehead atoms. The van der Waals surface area contributed by atoms with Crippen molar-refractivity contribution in [3.05, 3.63) is 42.3 Å². The van der Waals surface area contributed by atoms with E-state index in [1.165, 1.54) is 35.4 Å². The summed E-state index contributed by atoms with van der Waals surface area (Å²) in [5.41, 5.74) is 1.19. The van der Waals surface area contributed by atoms with Gasteiger partial charge in [-0.15, -0.1) is 0 Å². The van der Waals surface area contributed by atoms with Gasteiger partial charge in [0.1, 0.15) is 36.5 Å². The van der Waals surface area contributed by atoms with Crippen LogP contribution in [0.1, 0.15) is 19.8 Å². The third kappa shape index (κ3) is 6.89. The minimum absolute atomic E-state index is 0.0132. The summed E-state index contributed by atoms with van der Waals surface area (Å²) in [7, 11) is -1.48. The molecule has 2 aliphatic rings. The van der Waals surface area contributed by atoms with Crippen molar-refractivity contribution in [2.75, 3.05) is 50.3 Å². The highest BCUT2D eigenvalue weighted by atomic mass is 31.2. The first-order valence-electron chi connectivity index (χ1n) is 12.3. The Hall–Kier alpha value is -3.71. The van der Waals surface area contributed by atoms with E-state index < -0.39 is 38.4 Å². The number of phosphoric acid groups is 1. The van der Waals surface area contributed by atoms with Gasteiger partial charge in [0, 0.05) is 44.5 Å². The Bertz CT molecular complexity index is 1330. The summed E-state index contributed by atoms with van der Waals surface area (Å²) >= 11 is 0. The van der Waals surface area contributed by atoms with Gasteiger partial charge in [-0.25, -0.2) is 23.7 Å². The zero-order valence-electron chi connectivity index (χ0n) is 22.2. The largest absolute Gasteiger partial charge is 0.474 e. The average Bonchev–Trinajstić information content (AvgIpc) is 3.35. The molecule has 3 heterocycles. The molecule has 0 radical (unpaired) electrons. The van der Waals surface area contributed by atoms with Crippen LogP contribution in [0.3, 0.4) is 0 Å². The fourth-order valence-electron chi connectivity index (χ4n) is 4.06. The molecule has 4 rings (SSSR count). The van der Waals surface area contributed by atoms with Gasteiger partial charge in [-0.1, -0.05) is 0 Å². The molecule has 13 nitrogen and oxygen atoms in total. The number of hydrazone groups is 1. The number of carbonyl (C=O) groups is 3. The maximum Gasteiger partial charge on any atom is 0.474 e. The van der Waals surface area contributed by atoms with Gasteiger partial charge in [0.2, 0.25) is 0 Å². The second-order valence-electron chi connectivity index (χ2n) is 8.95. The number of Topliss-reactive ketones (excluding diaryl/α,β-unsaturated/α-hetero) is 1. The van der Waals surface area contributed by atoms with Gasteiger partial charge >= 0.3 is 13.9 Å². The monoisotopic (exact) mass is 577 g/mol. The number of pyridine rings is 1. The summed E-state index contributed by atoms with van der Waals surface area (Å²) in [6.45, 7) is 1.78. The predicted octanol–water partition coefficient (Wildman–Crippen LogP) is 3.59. The standard InChI is InChI=1S/C25H29FN5O8P/c1-17(32)4-7-20-14-30(25(34)39-20)19-6-8-21(22(26)12-19)18-5-9-23(27-13-18)29-10-11-31(28-16-29)24(33)15-38-40(35,36-2)37-3/h5-6,8-9,12-13,16,20H,4,7,10-11,14-15H2,1-3H3/t20-/m0/s1. The van der Waals surface area contributed by atoms with Crippen molar-refractivity contribution in [1.29, 1.82) is 0 Å². The van der Waals surface area contributed by atoms with Crippen molar-refractivity contribution in [2.24, 2.45) is 5.10 Å². The molecule has 0 saturated carbocycles. The van der Waals surface area contributed by atoms with Crippen LogP contribution in [0.2, 0.25) is 0 Å². The number of phosphoric ester groups is 1. The Balaban J connectivity index is 1.36. The number of benzene rings is 1. The van der Waals surface area contributed by atoms with Crippen LogP contribution in [0.4, 0.5) is 20.7 Å². The summed E-state index contributed by atoms with van der Waals surface area (Å²) in [5.74, 6) is -0.512. The quantitative estimate of drug-likeness (QED) is 0.364. The van der Waals surface area contributed by atoms with E-state index in [0.717, 1.165) is 14.2 Å². The maximum atomic E-state index is 15.1. The zero-order chi connectivity index (χ0) is 28.9. The maximum absolute atomic E-state index is 15.1. The number of ether oxygens (including phenoxy) is 1. The Morgan fingerprint density at radius 1 is 1.18 bits per heavy atom. The lowest BCUT2D eigenvalue weighted by Crippen LogP contribution is -2.42. The van der Waals surface area contributed by atoms with Crippen molar-refractivity contribution in [1.82, 2.24) is 9.99 Å². The molecule has 0 aliphatic carbocycles. The summed E-state index contributed by atoms with van der Waals surface area (Å²) < 4.78 is 46.5. The van der Waals surface area contributed by atoms with Gasteiger partial charge in [0.25, 0.3) is 5.91 Å². The van der Waals surface area contributed by atoms with E-state index in [1.807, 2.05) is 0 Å². The smallest absolute Gasteiger partial charge is 0.444 e. The van der Waals surface area contributed by atoms with Crippen molar-refractivity contribution in [3.63, 3.8) is 0 Å². The van der Waals surface area contributed by atoms with Crippen LogP contribution in [-0.2, 0) is 32.5 Å². The highest BCUT2D eigenvalue weighted by molar-refractivity contribution is 7.48. The SMILES string of the molecule is COP(=O)(OC)OCC(=O)N1CCN(c2ccc(-c3ccc(N4C[C@H](CCC(C)=O)OC4=O)cc3F)cn2)C=N1. The molecule has 1 saturated heterocycles. The minimum Gasteiger partial charge on any atom is -0.444 e. The van der Waals surface area contributed by atoms with Gasteiger partial charge in [-0.2, -0.15) is 5.10 Å². The molecule has 0 unspecified atom stereocenters. The van der Waals surface area contributed by atoms with E-state index >= 15 is 4.39 Å². The molecular formula is C25H29FN5O8P. The van der Waals surface area contributed by atoms with Gasteiger partial charge in [0.05, 0.1) is 18.8 Å². The van der Waals surface area contributed by atoms with E-state index in [4.69, 9.17) is 9.26 Å². The van der Waals surface area contributed by atoms with E-state index in [9.17, 15) is 18.9 Å². The normalized spacial score (nSPS) is 17.4. The first kappa shape index (κ1) is 29.3. The van der Waals surface area contributed by atoms with Crippen molar-refractivity contribution >= 4 is 43.5 Å².